The van der Waals surface area contributed by atoms with Crippen LogP contribution >= 0.6 is 0 Å². The van der Waals surface area contributed by atoms with E-state index >= 15 is 0 Å². The minimum Gasteiger partial charge on any atom is -0.367 e. The van der Waals surface area contributed by atoms with Gasteiger partial charge in [0.2, 0.25) is 5.91 Å². The van der Waals surface area contributed by atoms with E-state index in [2.05, 4.69) is 42.7 Å². The quantitative estimate of drug-likeness (QED) is 0.853. The summed E-state index contributed by atoms with van der Waals surface area (Å²) in [6.07, 6.45) is 2.69. The van der Waals surface area contributed by atoms with Crippen molar-refractivity contribution in [3.63, 3.8) is 0 Å². The summed E-state index contributed by atoms with van der Waals surface area (Å²) in [7, 11) is 0. The molecule has 1 saturated heterocycles. The number of para-hydroxylation sites is 1. The Kier molecular flexibility index (Phi) is 3.45. The van der Waals surface area contributed by atoms with Gasteiger partial charge in [-0.15, -0.1) is 0 Å². The first-order valence-corrected chi connectivity index (χ1v) is 8.60. The Balaban J connectivity index is 1.75. The Hall–Kier alpha value is -1.81. The van der Waals surface area contributed by atoms with Gasteiger partial charge >= 0.3 is 0 Å². The zero-order chi connectivity index (χ0) is 16.0. The van der Waals surface area contributed by atoms with Gasteiger partial charge in [0.15, 0.2) is 0 Å². The van der Waals surface area contributed by atoms with Gasteiger partial charge in [0.25, 0.3) is 0 Å². The molecule has 0 radical (unpaired) electrons. The summed E-state index contributed by atoms with van der Waals surface area (Å²) in [5.41, 5.74) is 3.15. The number of likely N-dealkylation sites (tertiary alicyclic amines) is 1. The van der Waals surface area contributed by atoms with Gasteiger partial charge < -0.3 is 14.2 Å². The molecule has 0 bridgehead atoms. The van der Waals surface area contributed by atoms with Gasteiger partial charge in [0.05, 0.1) is 18.7 Å². The number of carbonyl (C=O) groups excluding carboxylic acids is 1. The normalized spacial score (nSPS) is 24.2. The molecule has 0 spiro atoms. The Morgan fingerprint density at radius 1 is 1.22 bits per heavy atom. The summed E-state index contributed by atoms with van der Waals surface area (Å²) in [6, 6.07) is 8.49. The highest BCUT2D eigenvalue weighted by Gasteiger charge is 2.40. The molecule has 1 amide bonds. The van der Waals surface area contributed by atoms with Crippen LogP contribution in [0.25, 0.3) is 10.9 Å². The first kappa shape index (κ1) is 14.8. The second-order valence-corrected chi connectivity index (χ2v) is 6.99. The van der Waals surface area contributed by atoms with Crippen LogP contribution in [0.1, 0.15) is 37.4 Å². The number of nitrogens with zero attached hydrogens (tertiary/aromatic N) is 2. The van der Waals surface area contributed by atoms with Crippen molar-refractivity contribution in [1.29, 1.82) is 0 Å². The van der Waals surface area contributed by atoms with E-state index in [-0.39, 0.29) is 5.91 Å². The summed E-state index contributed by atoms with van der Waals surface area (Å²) in [6.45, 7) is 7.55. The van der Waals surface area contributed by atoms with E-state index in [1.165, 1.54) is 22.2 Å². The highest BCUT2D eigenvalue weighted by atomic mass is 16.5. The molecule has 4 heteroatoms. The lowest BCUT2D eigenvalue weighted by molar-refractivity contribution is -0.141. The minimum atomic E-state index is -0.527. The van der Waals surface area contributed by atoms with E-state index in [0.717, 1.165) is 32.5 Å². The first-order valence-electron chi connectivity index (χ1n) is 8.60. The average molecular weight is 312 g/mol. The maximum atomic E-state index is 12.7. The van der Waals surface area contributed by atoms with Gasteiger partial charge in [-0.25, -0.2) is 0 Å². The maximum Gasteiger partial charge on any atom is 0.225 e. The van der Waals surface area contributed by atoms with Gasteiger partial charge in [-0.1, -0.05) is 18.2 Å². The molecule has 3 heterocycles. The zero-order valence-corrected chi connectivity index (χ0v) is 14.0. The Bertz CT molecular complexity index is 758. The predicted octanol–water partition coefficient (Wildman–Crippen LogP) is 3.21. The van der Waals surface area contributed by atoms with E-state index < -0.39 is 5.60 Å². The largest absolute Gasteiger partial charge is 0.367 e. The fourth-order valence-corrected chi connectivity index (χ4v) is 4.32. The van der Waals surface area contributed by atoms with Crippen molar-refractivity contribution in [3.05, 3.63) is 35.5 Å². The number of carbonyl (C=O) groups is 1. The van der Waals surface area contributed by atoms with E-state index in [1.54, 1.807) is 0 Å². The monoisotopic (exact) mass is 312 g/mol. The fraction of sp³-hybridized carbons (Fsp3) is 0.526. The number of hydrogen-bond donors (Lipinski definition) is 0. The molecule has 2 aromatic rings. The minimum absolute atomic E-state index is 0.225. The van der Waals surface area contributed by atoms with Crippen LogP contribution in [0.4, 0.5) is 0 Å². The number of rotatable bonds is 2. The molecular formula is C19H24N2O2. The van der Waals surface area contributed by atoms with Crippen LogP contribution in [-0.4, -0.2) is 35.1 Å². The summed E-state index contributed by atoms with van der Waals surface area (Å²) in [5.74, 6) is 0.225. The molecule has 1 atom stereocenters. The van der Waals surface area contributed by atoms with Crippen molar-refractivity contribution < 1.29 is 9.53 Å². The fourth-order valence-electron chi connectivity index (χ4n) is 4.32. The summed E-state index contributed by atoms with van der Waals surface area (Å²) < 4.78 is 8.52. The first-order chi connectivity index (χ1) is 11.1. The molecule has 1 fully saturated rings. The molecular weight excluding hydrogens is 288 g/mol. The third-order valence-electron chi connectivity index (χ3n) is 5.41. The van der Waals surface area contributed by atoms with E-state index in [4.69, 9.17) is 4.74 Å². The molecule has 1 aromatic heterocycles. The number of fused-ring (bicyclic) bond motifs is 3. The SMILES string of the molecule is Cc1c2n(c3ccccc13)CCOC2(C)CC(=O)N1CCCC1. The van der Waals surface area contributed by atoms with E-state index in [1.807, 2.05) is 4.90 Å². The zero-order valence-electron chi connectivity index (χ0n) is 14.0. The number of amides is 1. The number of hydrogen-bond acceptors (Lipinski definition) is 2. The second-order valence-electron chi connectivity index (χ2n) is 6.99. The van der Waals surface area contributed by atoms with Crippen LogP contribution in [0, 0.1) is 6.92 Å². The number of aryl methyl sites for hydroxylation is 1. The van der Waals surface area contributed by atoms with Gasteiger partial charge in [-0.05, 0) is 38.3 Å². The Morgan fingerprint density at radius 2 is 1.96 bits per heavy atom. The average Bonchev–Trinajstić information content (AvgIpc) is 3.16. The molecule has 2 aliphatic heterocycles. The van der Waals surface area contributed by atoms with E-state index in [0.29, 0.717) is 13.0 Å². The number of benzene rings is 1. The molecule has 122 valence electrons. The van der Waals surface area contributed by atoms with Crippen molar-refractivity contribution >= 4 is 16.8 Å². The van der Waals surface area contributed by atoms with Gasteiger partial charge in [-0.3, -0.25) is 4.79 Å². The predicted molar refractivity (Wildman–Crippen MR) is 90.4 cm³/mol. The smallest absolute Gasteiger partial charge is 0.225 e. The molecule has 1 unspecified atom stereocenters. The summed E-state index contributed by atoms with van der Waals surface area (Å²) in [5, 5.41) is 1.27. The summed E-state index contributed by atoms with van der Waals surface area (Å²) >= 11 is 0. The topological polar surface area (TPSA) is 34.5 Å². The Labute approximate surface area is 137 Å². The van der Waals surface area contributed by atoms with Gasteiger partial charge in [0, 0.05) is 30.5 Å². The molecule has 0 aliphatic carbocycles. The number of aromatic nitrogens is 1. The van der Waals surface area contributed by atoms with Crippen LogP contribution in [-0.2, 0) is 21.7 Å². The van der Waals surface area contributed by atoms with Crippen LogP contribution in [0.15, 0.2) is 24.3 Å². The van der Waals surface area contributed by atoms with Crippen molar-refractivity contribution in [3.8, 4) is 0 Å². The Morgan fingerprint density at radius 3 is 2.74 bits per heavy atom. The van der Waals surface area contributed by atoms with Crippen LogP contribution in [0.5, 0.6) is 0 Å². The van der Waals surface area contributed by atoms with Crippen molar-refractivity contribution in [2.45, 2.75) is 45.3 Å². The summed E-state index contributed by atoms with van der Waals surface area (Å²) in [4.78, 5) is 14.7. The van der Waals surface area contributed by atoms with E-state index in [9.17, 15) is 4.79 Å². The molecule has 23 heavy (non-hydrogen) atoms. The standard InChI is InChI=1S/C19H24N2O2/c1-14-15-7-3-4-8-16(15)21-11-12-23-19(2,18(14)21)13-17(22)20-9-5-6-10-20/h3-4,7-8H,5-6,9-13H2,1-2H3. The van der Waals surface area contributed by atoms with Crippen LogP contribution in [0.3, 0.4) is 0 Å². The lowest BCUT2D eigenvalue weighted by atomic mass is 9.92. The molecule has 4 nitrogen and oxygen atoms in total. The highest BCUT2D eigenvalue weighted by Crippen LogP contribution is 2.40. The second kappa shape index (κ2) is 5.38. The van der Waals surface area contributed by atoms with Crippen molar-refractivity contribution in [2.24, 2.45) is 0 Å². The molecule has 2 aliphatic rings. The lowest BCUT2D eigenvalue weighted by Crippen LogP contribution is -2.41. The molecule has 1 aromatic carbocycles. The van der Waals surface area contributed by atoms with Crippen molar-refractivity contribution in [1.82, 2.24) is 9.47 Å². The molecule has 0 saturated carbocycles. The third kappa shape index (κ3) is 2.27. The maximum absolute atomic E-state index is 12.7. The van der Waals surface area contributed by atoms with Crippen molar-refractivity contribution in [2.75, 3.05) is 19.7 Å². The lowest BCUT2D eigenvalue weighted by Gasteiger charge is -2.37. The van der Waals surface area contributed by atoms with Gasteiger partial charge in [0.1, 0.15) is 5.60 Å². The van der Waals surface area contributed by atoms with Crippen LogP contribution < -0.4 is 0 Å². The van der Waals surface area contributed by atoms with Gasteiger partial charge in [-0.2, -0.15) is 0 Å². The van der Waals surface area contributed by atoms with Crippen LogP contribution in [0.2, 0.25) is 0 Å². The highest BCUT2D eigenvalue weighted by molar-refractivity contribution is 5.86. The molecule has 4 rings (SSSR count). The molecule has 0 N–H and O–H groups in total. The number of ether oxygens (including phenoxy) is 1. The third-order valence-corrected chi connectivity index (χ3v) is 5.41.